The molecule has 6 nitrogen and oxygen atoms in total. The smallest absolute Gasteiger partial charge is 0.269 e. The first-order chi connectivity index (χ1) is 8.22. The summed E-state index contributed by atoms with van der Waals surface area (Å²) in [6.45, 7) is 1.78. The van der Waals surface area contributed by atoms with Crippen LogP contribution in [0.15, 0.2) is 24.3 Å². The lowest BCUT2D eigenvalue weighted by molar-refractivity contribution is -0.384. The van der Waals surface area contributed by atoms with Crippen LogP contribution in [0.4, 0.5) is 11.4 Å². The highest BCUT2D eigenvalue weighted by Crippen LogP contribution is 2.22. The summed E-state index contributed by atoms with van der Waals surface area (Å²) in [6, 6.07) is 6.27. The summed E-state index contributed by atoms with van der Waals surface area (Å²) in [5, 5.41) is 19.8. The molecule has 17 heavy (non-hydrogen) atoms. The lowest BCUT2D eigenvalue weighted by atomic mass is 10.2. The Kier molecular flexibility index (Phi) is 3.55. The van der Waals surface area contributed by atoms with E-state index in [0.29, 0.717) is 19.8 Å². The molecule has 0 aliphatic carbocycles. The molecule has 0 radical (unpaired) electrons. The minimum Gasteiger partial charge on any atom is -0.394 e. The van der Waals surface area contributed by atoms with E-state index in [9.17, 15) is 15.2 Å². The van der Waals surface area contributed by atoms with Crippen molar-refractivity contribution < 1.29 is 14.8 Å². The van der Waals surface area contributed by atoms with Gasteiger partial charge in [-0.1, -0.05) is 0 Å². The van der Waals surface area contributed by atoms with E-state index in [0.717, 1.165) is 5.69 Å². The maximum absolute atomic E-state index is 10.5. The van der Waals surface area contributed by atoms with E-state index in [-0.39, 0.29) is 18.3 Å². The Morgan fingerprint density at radius 2 is 2.18 bits per heavy atom. The van der Waals surface area contributed by atoms with Crippen molar-refractivity contribution in [3.8, 4) is 0 Å². The molecule has 1 fully saturated rings. The number of hydrogen-bond donors (Lipinski definition) is 1. The number of nitrogens with zero attached hydrogens (tertiary/aromatic N) is 2. The third-order valence-electron chi connectivity index (χ3n) is 2.83. The average molecular weight is 238 g/mol. The molecular formula is C11H14N2O4. The van der Waals surface area contributed by atoms with Gasteiger partial charge in [-0.3, -0.25) is 10.1 Å². The summed E-state index contributed by atoms with van der Waals surface area (Å²) < 4.78 is 5.28. The molecule has 0 spiro atoms. The van der Waals surface area contributed by atoms with E-state index in [1.165, 1.54) is 12.1 Å². The highest BCUT2D eigenvalue weighted by molar-refractivity contribution is 5.52. The number of ether oxygens (including phenoxy) is 1. The van der Waals surface area contributed by atoms with Gasteiger partial charge in [0, 0.05) is 24.4 Å². The lowest BCUT2D eigenvalue weighted by Crippen LogP contribution is -2.47. The molecule has 1 aromatic rings. The van der Waals surface area contributed by atoms with E-state index in [2.05, 4.69) is 0 Å². The molecule has 1 heterocycles. The average Bonchev–Trinajstić information content (AvgIpc) is 2.39. The maximum atomic E-state index is 10.5. The summed E-state index contributed by atoms with van der Waals surface area (Å²) in [7, 11) is 0. The van der Waals surface area contributed by atoms with E-state index < -0.39 is 4.92 Å². The van der Waals surface area contributed by atoms with Crippen molar-refractivity contribution >= 4 is 11.4 Å². The summed E-state index contributed by atoms with van der Waals surface area (Å²) >= 11 is 0. The van der Waals surface area contributed by atoms with Gasteiger partial charge >= 0.3 is 0 Å². The molecule has 1 saturated heterocycles. The number of morpholine rings is 1. The number of rotatable bonds is 3. The van der Waals surface area contributed by atoms with Crippen molar-refractivity contribution in [2.24, 2.45) is 0 Å². The standard InChI is InChI=1S/C11H14N2O4/c14-7-11-8-17-6-5-12(11)9-1-3-10(4-2-9)13(15)16/h1-4,11,14H,5-8H2. The van der Waals surface area contributed by atoms with Crippen LogP contribution in [-0.2, 0) is 4.74 Å². The van der Waals surface area contributed by atoms with Crippen molar-refractivity contribution in [1.82, 2.24) is 0 Å². The van der Waals surface area contributed by atoms with Crippen molar-refractivity contribution in [3.05, 3.63) is 34.4 Å². The second-order valence-electron chi connectivity index (χ2n) is 3.88. The first-order valence-electron chi connectivity index (χ1n) is 5.42. The van der Waals surface area contributed by atoms with Crippen LogP contribution < -0.4 is 4.90 Å². The van der Waals surface area contributed by atoms with Crippen LogP contribution in [0.3, 0.4) is 0 Å². The number of aliphatic hydroxyl groups is 1. The number of nitro groups is 1. The van der Waals surface area contributed by atoms with E-state index >= 15 is 0 Å². The minimum atomic E-state index is -0.424. The predicted octanol–water partition coefficient (Wildman–Crippen LogP) is 0.792. The van der Waals surface area contributed by atoms with Crippen LogP contribution in [0.5, 0.6) is 0 Å². The van der Waals surface area contributed by atoms with Crippen molar-refractivity contribution in [1.29, 1.82) is 0 Å². The molecule has 1 aromatic carbocycles. The third kappa shape index (κ3) is 2.54. The van der Waals surface area contributed by atoms with Gasteiger partial charge in [0.05, 0.1) is 30.8 Å². The van der Waals surface area contributed by atoms with Gasteiger partial charge in [0.15, 0.2) is 0 Å². The van der Waals surface area contributed by atoms with Crippen LogP contribution >= 0.6 is 0 Å². The normalized spacial score (nSPS) is 20.3. The molecule has 0 amide bonds. The number of anilines is 1. The van der Waals surface area contributed by atoms with Crippen LogP contribution in [0.1, 0.15) is 0 Å². The van der Waals surface area contributed by atoms with E-state index in [4.69, 9.17) is 4.74 Å². The van der Waals surface area contributed by atoms with Crippen molar-refractivity contribution in [2.75, 3.05) is 31.3 Å². The summed E-state index contributed by atoms with van der Waals surface area (Å²) in [5.74, 6) is 0. The van der Waals surface area contributed by atoms with Gasteiger partial charge < -0.3 is 14.7 Å². The molecule has 1 aliphatic rings. The van der Waals surface area contributed by atoms with Crippen LogP contribution in [-0.4, -0.2) is 42.4 Å². The van der Waals surface area contributed by atoms with Crippen LogP contribution in [0.25, 0.3) is 0 Å². The fourth-order valence-corrected chi connectivity index (χ4v) is 1.91. The summed E-state index contributed by atoms with van der Waals surface area (Å²) in [6.07, 6.45) is 0. The van der Waals surface area contributed by atoms with Crippen LogP contribution in [0, 0.1) is 10.1 Å². The Hall–Kier alpha value is -1.66. The Morgan fingerprint density at radius 1 is 1.47 bits per heavy atom. The van der Waals surface area contributed by atoms with Crippen LogP contribution in [0.2, 0.25) is 0 Å². The highest BCUT2D eigenvalue weighted by atomic mass is 16.6. The fourth-order valence-electron chi connectivity index (χ4n) is 1.91. The quantitative estimate of drug-likeness (QED) is 0.622. The largest absolute Gasteiger partial charge is 0.394 e. The molecule has 1 aliphatic heterocycles. The number of nitro benzene ring substituents is 1. The molecule has 2 rings (SSSR count). The zero-order valence-electron chi connectivity index (χ0n) is 9.28. The van der Waals surface area contributed by atoms with Gasteiger partial charge in [-0.15, -0.1) is 0 Å². The third-order valence-corrected chi connectivity index (χ3v) is 2.83. The second kappa shape index (κ2) is 5.11. The molecule has 1 atom stereocenters. The zero-order chi connectivity index (χ0) is 12.3. The van der Waals surface area contributed by atoms with Gasteiger partial charge in [0.2, 0.25) is 0 Å². The fraction of sp³-hybridized carbons (Fsp3) is 0.455. The Morgan fingerprint density at radius 3 is 2.76 bits per heavy atom. The number of aliphatic hydroxyl groups excluding tert-OH is 1. The predicted molar refractivity (Wildman–Crippen MR) is 62.1 cm³/mol. The molecule has 0 aromatic heterocycles. The monoisotopic (exact) mass is 238 g/mol. The molecule has 92 valence electrons. The molecule has 1 unspecified atom stereocenters. The SMILES string of the molecule is O=[N+]([O-])c1ccc(N2CCOCC2CO)cc1. The summed E-state index contributed by atoms with van der Waals surface area (Å²) in [5.41, 5.74) is 0.945. The Bertz CT molecular complexity index is 393. The summed E-state index contributed by atoms with van der Waals surface area (Å²) in [4.78, 5) is 12.1. The van der Waals surface area contributed by atoms with Gasteiger partial charge in [-0.25, -0.2) is 0 Å². The zero-order valence-corrected chi connectivity index (χ0v) is 9.28. The number of hydrogen-bond acceptors (Lipinski definition) is 5. The number of benzene rings is 1. The number of non-ortho nitro benzene ring substituents is 1. The van der Waals surface area contributed by atoms with Gasteiger partial charge in [-0.05, 0) is 12.1 Å². The Balaban J connectivity index is 2.17. The molecule has 0 bridgehead atoms. The first kappa shape index (κ1) is 11.8. The molecule has 0 saturated carbocycles. The molecular weight excluding hydrogens is 224 g/mol. The second-order valence-corrected chi connectivity index (χ2v) is 3.88. The van der Waals surface area contributed by atoms with Crippen molar-refractivity contribution in [3.63, 3.8) is 0 Å². The van der Waals surface area contributed by atoms with Gasteiger partial charge in [0.1, 0.15) is 0 Å². The lowest BCUT2D eigenvalue weighted by Gasteiger charge is -2.36. The van der Waals surface area contributed by atoms with E-state index in [1.807, 2.05) is 4.90 Å². The minimum absolute atomic E-state index is 0.0109. The highest BCUT2D eigenvalue weighted by Gasteiger charge is 2.22. The maximum Gasteiger partial charge on any atom is 0.269 e. The molecule has 6 heteroatoms. The van der Waals surface area contributed by atoms with Gasteiger partial charge in [-0.2, -0.15) is 0 Å². The van der Waals surface area contributed by atoms with Crippen molar-refractivity contribution in [2.45, 2.75) is 6.04 Å². The molecule has 1 N–H and O–H groups in total. The van der Waals surface area contributed by atoms with E-state index in [1.54, 1.807) is 12.1 Å². The topological polar surface area (TPSA) is 75.8 Å². The van der Waals surface area contributed by atoms with Gasteiger partial charge in [0.25, 0.3) is 5.69 Å². The first-order valence-corrected chi connectivity index (χ1v) is 5.42. The Labute approximate surface area is 98.6 Å².